The van der Waals surface area contributed by atoms with Crippen molar-refractivity contribution in [3.05, 3.63) is 70.3 Å². The minimum absolute atomic E-state index is 0.169. The molecule has 1 N–H and O–H groups in total. The molecule has 0 amide bonds. The number of aliphatic hydroxyl groups excluding tert-OH is 1. The van der Waals surface area contributed by atoms with Gasteiger partial charge in [0.2, 0.25) is 0 Å². The molecule has 2 unspecified atom stereocenters. The average Bonchev–Trinajstić information content (AvgIpc) is 2.96. The zero-order chi connectivity index (χ0) is 17.6. The first kappa shape index (κ1) is 15.5. The van der Waals surface area contributed by atoms with Crippen LogP contribution in [0.4, 0.5) is 0 Å². The SMILES string of the molecule is CCOC(=O)C(O)C1c2ccccc2-n2c1nc1ccccc1c2=O. The summed E-state index contributed by atoms with van der Waals surface area (Å²) in [4.78, 5) is 29.7. The Morgan fingerprint density at radius 2 is 1.96 bits per heavy atom. The Kier molecular flexibility index (Phi) is 3.62. The summed E-state index contributed by atoms with van der Waals surface area (Å²) < 4.78 is 6.44. The average molecular weight is 336 g/mol. The lowest BCUT2D eigenvalue weighted by Crippen LogP contribution is -2.31. The van der Waals surface area contributed by atoms with Crippen LogP contribution in [0.1, 0.15) is 24.2 Å². The molecule has 1 aromatic heterocycles. The van der Waals surface area contributed by atoms with Crippen molar-refractivity contribution in [2.24, 2.45) is 0 Å². The van der Waals surface area contributed by atoms with Gasteiger partial charge in [-0.2, -0.15) is 0 Å². The molecule has 0 bridgehead atoms. The number of benzene rings is 2. The molecule has 4 rings (SSSR count). The first-order chi connectivity index (χ1) is 12.1. The van der Waals surface area contributed by atoms with Gasteiger partial charge in [-0.25, -0.2) is 9.78 Å². The number of para-hydroxylation sites is 2. The molecule has 1 aliphatic rings. The molecule has 0 radical (unpaired) electrons. The number of aliphatic hydroxyl groups is 1. The lowest BCUT2D eigenvalue weighted by molar-refractivity contribution is -0.153. The van der Waals surface area contributed by atoms with Gasteiger partial charge in [-0.3, -0.25) is 9.36 Å². The maximum Gasteiger partial charge on any atom is 0.336 e. The summed E-state index contributed by atoms with van der Waals surface area (Å²) in [5.41, 5.74) is 1.64. The van der Waals surface area contributed by atoms with Crippen LogP contribution < -0.4 is 5.56 Å². The van der Waals surface area contributed by atoms with Crippen molar-refractivity contribution < 1.29 is 14.6 Å². The number of hydrogen-bond donors (Lipinski definition) is 1. The molecule has 3 aromatic rings. The minimum atomic E-state index is -1.43. The van der Waals surface area contributed by atoms with Crippen LogP contribution in [0, 0.1) is 0 Å². The van der Waals surface area contributed by atoms with E-state index in [1.165, 1.54) is 4.57 Å². The highest BCUT2D eigenvalue weighted by Gasteiger charge is 2.40. The predicted molar refractivity (Wildman–Crippen MR) is 91.8 cm³/mol. The number of fused-ring (bicyclic) bond motifs is 4. The summed E-state index contributed by atoms with van der Waals surface area (Å²) in [6.45, 7) is 1.85. The zero-order valence-corrected chi connectivity index (χ0v) is 13.5. The van der Waals surface area contributed by atoms with E-state index in [0.717, 1.165) is 0 Å². The Morgan fingerprint density at radius 3 is 2.76 bits per heavy atom. The first-order valence-corrected chi connectivity index (χ1v) is 8.09. The van der Waals surface area contributed by atoms with E-state index in [9.17, 15) is 14.7 Å². The van der Waals surface area contributed by atoms with Crippen molar-refractivity contribution in [1.29, 1.82) is 0 Å². The number of carbonyl (C=O) groups is 1. The van der Waals surface area contributed by atoms with Crippen LogP contribution in [0.25, 0.3) is 16.6 Å². The Hall–Kier alpha value is -2.99. The fourth-order valence-electron chi connectivity index (χ4n) is 3.36. The third-order valence-electron chi connectivity index (χ3n) is 4.44. The van der Waals surface area contributed by atoms with E-state index in [1.807, 2.05) is 6.07 Å². The van der Waals surface area contributed by atoms with Crippen LogP contribution in [-0.2, 0) is 9.53 Å². The summed E-state index contributed by atoms with van der Waals surface area (Å²) >= 11 is 0. The van der Waals surface area contributed by atoms with Gasteiger partial charge in [0, 0.05) is 0 Å². The molecule has 1 aliphatic heterocycles. The van der Waals surface area contributed by atoms with Gasteiger partial charge in [-0.1, -0.05) is 30.3 Å². The van der Waals surface area contributed by atoms with Crippen molar-refractivity contribution in [3.63, 3.8) is 0 Å². The molecule has 2 heterocycles. The van der Waals surface area contributed by atoms with E-state index < -0.39 is 18.0 Å². The number of rotatable bonds is 3. The molecule has 0 aliphatic carbocycles. The Morgan fingerprint density at radius 1 is 1.24 bits per heavy atom. The molecule has 0 saturated carbocycles. The van der Waals surface area contributed by atoms with Crippen LogP contribution in [0.2, 0.25) is 0 Å². The number of nitrogens with zero attached hydrogens (tertiary/aromatic N) is 2. The third kappa shape index (κ3) is 2.26. The van der Waals surface area contributed by atoms with Gasteiger partial charge in [-0.15, -0.1) is 0 Å². The summed E-state index contributed by atoms with van der Waals surface area (Å²) in [6, 6.07) is 14.2. The largest absolute Gasteiger partial charge is 0.464 e. The van der Waals surface area contributed by atoms with Crippen molar-refractivity contribution in [1.82, 2.24) is 9.55 Å². The molecule has 25 heavy (non-hydrogen) atoms. The van der Waals surface area contributed by atoms with Crippen LogP contribution in [0.5, 0.6) is 0 Å². The van der Waals surface area contributed by atoms with Crippen molar-refractivity contribution in [3.8, 4) is 5.69 Å². The molecule has 2 aromatic carbocycles. The highest BCUT2D eigenvalue weighted by molar-refractivity contribution is 5.81. The standard InChI is InChI=1S/C19H16N2O4/c1-2-25-19(24)16(22)15-12-8-4-6-10-14(12)21-17(15)20-13-9-5-3-7-11(13)18(21)23/h3-10,15-16,22H,2H2,1H3. The molecular formula is C19H16N2O4. The van der Waals surface area contributed by atoms with E-state index >= 15 is 0 Å². The number of carbonyl (C=O) groups excluding carboxylic acids is 1. The number of esters is 1. The lowest BCUT2D eigenvalue weighted by Gasteiger charge is -2.17. The zero-order valence-electron chi connectivity index (χ0n) is 13.5. The van der Waals surface area contributed by atoms with Gasteiger partial charge >= 0.3 is 5.97 Å². The van der Waals surface area contributed by atoms with Gasteiger partial charge < -0.3 is 9.84 Å². The maximum absolute atomic E-state index is 13.0. The molecule has 0 saturated heterocycles. The van der Waals surface area contributed by atoms with E-state index in [4.69, 9.17) is 4.74 Å². The lowest BCUT2D eigenvalue weighted by atomic mass is 9.94. The van der Waals surface area contributed by atoms with Gasteiger partial charge in [-0.05, 0) is 30.7 Å². The van der Waals surface area contributed by atoms with Gasteiger partial charge in [0.05, 0.1) is 29.1 Å². The first-order valence-electron chi connectivity index (χ1n) is 8.09. The van der Waals surface area contributed by atoms with Crippen molar-refractivity contribution in [2.45, 2.75) is 18.9 Å². The fraction of sp³-hybridized carbons (Fsp3) is 0.211. The quantitative estimate of drug-likeness (QED) is 0.737. The summed E-state index contributed by atoms with van der Waals surface area (Å²) in [6.07, 6.45) is -1.43. The van der Waals surface area contributed by atoms with Crippen molar-refractivity contribution in [2.75, 3.05) is 6.61 Å². The molecule has 6 nitrogen and oxygen atoms in total. The van der Waals surface area contributed by atoms with E-state index in [0.29, 0.717) is 28.0 Å². The normalized spacial score (nSPS) is 16.3. The molecule has 0 fully saturated rings. The van der Waals surface area contributed by atoms with Crippen molar-refractivity contribution >= 4 is 16.9 Å². The van der Waals surface area contributed by atoms with Crippen LogP contribution in [-0.4, -0.2) is 33.3 Å². The van der Waals surface area contributed by atoms with Gasteiger partial charge in [0.15, 0.2) is 6.10 Å². The summed E-state index contributed by atoms with van der Waals surface area (Å²) in [5, 5.41) is 11.1. The van der Waals surface area contributed by atoms with E-state index in [2.05, 4.69) is 4.98 Å². The third-order valence-corrected chi connectivity index (χ3v) is 4.44. The molecule has 6 heteroatoms. The predicted octanol–water partition coefficient (Wildman–Crippen LogP) is 1.75. The number of ether oxygens (including phenoxy) is 1. The van der Waals surface area contributed by atoms with Crippen LogP contribution >= 0.6 is 0 Å². The Bertz CT molecular complexity index is 1040. The highest BCUT2D eigenvalue weighted by Crippen LogP contribution is 2.38. The second-order valence-electron chi connectivity index (χ2n) is 5.86. The monoisotopic (exact) mass is 336 g/mol. The smallest absolute Gasteiger partial charge is 0.336 e. The molecular weight excluding hydrogens is 320 g/mol. The Labute approximate surface area is 143 Å². The summed E-state index contributed by atoms with van der Waals surface area (Å²) in [7, 11) is 0. The molecule has 0 spiro atoms. The maximum atomic E-state index is 13.0. The van der Waals surface area contributed by atoms with Gasteiger partial charge in [0.25, 0.3) is 5.56 Å². The molecule has 2 atom stereocenters. The van der Waals surface area contributed by atoms with E-state index in [1.54, 1.807) is 49.4 Å². The molecule has 126 valence electrons. The van der Waals surface area contributed by atoms with Crippen LogP contribution in [0.3, 0.4) is 0 Å². The topological polar surface area (TPSA) is 81.4 Å². The summed E-state index contributed by atoms with van der Waals surface area (Å²) in [5.74, 6) is -1.11. The minimum Gasteiger partial charge on any atom is -0.464 e. The second-order valence-corrected chi connectivity index (χ2v) is 5.86. The highest BCUT2D eigenvalue weighted by atomic mass is 16.5. The number of aromatic nitrogens is 2. The number of hydrogen-bond acceptors (Lipinski definition) is 5. The van der Waals surface area contributed by atoms with Gasteiger partial charge in [0.1, 0.15) is 5.82 Å². The fourth-order valence-corrected chi connectivity index (χ4v) is 3.36. The Balaban J connectivity index is 2.00. The van der Waals surface area contributed by atoms with Crippen LogP contribution in [0.15, 0.2) is 53.3 Å². The van der Waals surface area contributed by atoms with E-state index in [-0.39, 0.29) is 12.2 Å². The second kappa shape index (κ2) is 5.82.